The molecule has 0 fully saturated rings. The molecule has 0 amide bonds. The summed E-state index contributed by atoms with van der Waals surface area (Å²) in [5.41, 5.74) is 2.96. The van der Waals surface area contributed by atoms with Crippen molar-refractivity contribution in [2.45, 2.75) is 9.79 Å². The molecule has 4 aliphatic rings. The van der Waals surface area contributed by atoms with Gasteiger partial charge in [-0.15, -0.1) is 17.6 Å². The lowest BCUT2D eigenvalue weighted by Gasteiger charge is -2.37. The van der Waals surface area contributed by atoms with E-state index in [9.17, 15) is 19.2 Å². The molecule has 8 nitrogen and oxygen atoms in total. The molecule has 2 aromatic rings. The van der Waals surface area contributed by atoms with Crippen molar-refractivity contribution >= 4 is 62.2 Å². The Balaban J connectivity index is 0.000000145. The number of hydrogen-bond acceptors (Lipinski definition) is 8. The van der Waals surface area contributed by atoms with Crippen molar-refractivity contribution < 1.29 is 19.2 Å². The standard InChI is InChI=1S/C10H4N2O2S.C10H6N2O2S/c13-5-11-15(12-6-14)9-4-7-2-1-3-8(9)10(7)15;13-7-11-15(12-8-14)6-5-9-3-1-2-4-10(9)15/h1-4H;1-6H. The van der Waals surface area contributed by atoms with Crippen LogP contribution in [-0.4, -0.2) is 24.3 Å². The zero-order chi connectivity index (χ0) is 21.2. The van der Waals surface area contributed by atoms with Gasteiger partial charge in [0.25, 0.3) is 0 Å². The summed E-state index contributed by atoms with van der Waals surface area (Å²) in [5.74, 6) is 0. The fourth-order valence-electron chi connectivity index (χ4n) is 3.44. The zero-order valence-electron chi connectivity index (χ0n) is 15.0. The maximum atomic E-state index is 10.4. The smallest absolute Gasteiger partial charge is 0.210 e. The van der Waals surface area contributed by atoms with Gasteiger partial charge in [0.05, 0.1) is 4.90 Å². The predicted molar refractivity (Wildman–Crippen MR) is 114 cm³/mol. The van der Waals surface area contributed by atoms with Crippen molar-refractivity contribution in [2.24, 2.45) is 17.6 Å². The molecule has 2 aromatic carbocycles. The van der Waals surface area contributed by atoms with E-state index in [1.54, 1.807) is 17.6 Å². The molecule has 6 rings (SSSR count). The summed E-state index contributed by atoms with van der Waals surface area (Å²) in [6, 6.07) is 13.1. The summed E-state index contributed by atoms with van der Waals surface area (Å²) in [4.78, 5) is 44.0. The van der Waals surface area contributed by atoms with Crippen molar-refractivity contribution in [3.63, 3.8) is 0 Å². The summed E-state index contributed by atoms with van der Waals surface area (Å²) in [5, 5.41) is 1.66. The predicted octanol–water partition coefficient (Wildman–Crippen LogP) is 4.51. The van der Waals surface area contributed by atoms with Crippen LogP contribution in [0.5, 0.6) is 0 Å². The molecule has 0 radical (unpaired) electrons. The van der Waals surface area contributed by atoms with Gasteiger partial charge in [0, 0.05) is 36.2 Å². The first-order valence-electron chi connectivity index (χ1n) is 8.31. The number of fused-ring (bicyclic) bond motifs is 1. The van der Waals surface area contributed by atoms with Crippen LogP contribution in [0.1, 0.15) is 16.7 Å². The lowest BCUT2D eigenvalue weighted by molar-refractivity contribution is 0.564. The van der Waals surface area contributed by atoms with Crippen LogP contribution in [0.4, 0.5) is 0 Å². The molecule has 146 valence electrons. The number of carbonyl (C=O) groups excluding carboxylic acids is 4. The van der Waals surface area contributed by atoms with E-state index in [1.165, 1.54) is 24.3 Å². The van der Waals surface area contributed by atoms with Gasteiger partial charge in [-0.05, 0) is 34.8 Å². The minimum atomic E-state index is -2.20. The highest BCUT2D eigenvalue weighted by Gasteiger charge is 2.50. The zero-order valence-corrected chi connectivity index (χ0v) is 16.6. The molecule has 0 unspecified atom stereocenters. The highest BCUT2D eigenvalue weighted by molar-refractivity contribution is 8.41. The van der Waals surface area contributed by atoms with Crippen LogP contribution in [0.25, 0.3) is 17.1 Å². The van der Waals surface area contributed by atoms with Gasteiger partial charge >= 0.3 is 0 Å². The first-order valence-corrected chi connectivity index (χ1v) is 11.5. The summed E-state index contributed by atoms with van der Waals surface area (Å²) >= 11 is 0. The molecule has 4 bridgehead atoms. The van der Waals surface area contributed by atoms with E-state index in [1.807, 2.05) is 42.5 Å². The summed E-state index contributed by atoms with van der Waals surface area (Å²) in [6.45, 7) is 0. The minimum absolute atomic E-state index is 0.775. The Labute approximate surface area is 173 Å². The number of rotatable bonds is 4. The van der Waals surface area contributed by atoms with Crippen LogP contribution in [0.3, 0.4) is 0 Å². The molecule has 0 atom stereocenters. The van der Waals surface area contributed by atoms with Crippen LogP contribution in [0.2, 0.25) is 0 Å². The average Bonchev–Trinajstić information content (AvgIpc) is 3.35. The monoisotopic (exact) mass is 434 g/mol. The maximum absolute atomic E-state index is 10.4. The molecule has 30 heavy (non-hydrogen) atoms. The Bertz CT molecular complexity index is 1260. The fourth-order valence-corrected chi connectivity index (χ4v) is 7.69. The average molecular weight is 434 g/mol. The van der Waals surface area contributed by atoms with Crippen LogP contribution in [0.15, 0.2) is 75.3 Å². The number of hydrogen-bond donors (Lipinski definition) is 0. The maximum Gasteiger partial charge on any atom is 0.248 e. The van der Waals surface area contributed by atoms with E-state index < -0.39 is 20.8 Å². The van der Waals surface area contributed by atoms with E-state index in [0.29, 0.717) is 0 Å². The van der Waals surface area contributed by atoms with Crippen molar-refractivity contribution in [3.05, 3.63) is 64.6 Å². The molecule has 10 heteroatoms. The van der Waals surface area contributed by atoms with Gasteiger partial charge in [0.2, 0.25) is 24.3 Å². The van der Waals surface area contributed by atoms with Crippen molar-refractivity contribution in [1.82, 2.24) is 0 Å². The van der Waals surface area contributed by atoms with Gasteiger partial charge in [0.15, 0.2) is 0 Å². The second kappa shape index (κ2) is 7.52. The van der Waals surface area contributed by atoms with Gasteiger partial charge < -0.3 is 0 Å². The highest BCUT2D eigenvalue weighted by Crippen LogP contribution is 2.82. The first kappa shape index (κ1) is 19.5. The van der Waals surface area contributed by atoms with Crippen molar-refractivity contribution in [3.8, 4) is 0 Å². The third-order valence-electron chi connectivity index (χ3n) is 4.56. The van der Waals surface area contributed by atoms with E-state index in [0.717, 1.165) is 31.4 Å². The Morgan fingerprint density at radius 1 is 0.700 bits per heavy atom. The Hall–Kier alpha value is -3.86. The minimum Gasteiger partial charge on any atom is -0.210 e. The molecular formula is C20H10N4O4S2. The van der Waals surface area contributed by atoms with E-state index in [-0.39, 0.29) is 0 Å². The summed E-state index contributed by atoms with van der Waals surface area (Å²) < 4.78 is 14.7. The second-order valence-corrected chi connectivity index (χ2v) is 10.5. The van der Waals surface area contributed by atoms with Crippen molar-refractivity contribution in [1.29, 1.82) is 0 Å². The molecule has 0 N–H and O–H groups in total. The Kier molecular flexibility index (Phi) is 4.88. The third-order valence-corrected chi connectivity index (χ3v) is 9.45. The van der Waals surface area contributed by atoms with Crippen LogP contribution in [0, 0.1) is 0 Å². The number of benzene rings is 2. The molecular weight excluding hydrogens is 424 g/mol. The molecule has 3 aliphatic heterocycles. The lowest BCUT2D eigenvalue weighted by Crippen LogP contribution is -2.07. The van der Waals surface area contributed by atoms with Crippen molar-refractivity contribution in [2.75, 3.05) is 0 Å². The number of nitrogens with zero attached hydrogens (tertiary/aromatic N) is 4. The SMILES string of the molecule is O=C=NS1(N=C=O)C2=Cc3cccc2c31.O=C=NS1(N=C=O)C=Cc2ccccc21. The second-order valence-electron chi connectivity index (χ2n) is 5.95. The van der Waals surface area contributed by atoms with Gasteiger partial charge in [0.1, 0.15) is 0 Å². The summed E-state index contributed by atoms with van der Waals surface area (Å²) in [7, 11) is -4.28. The Morgan fingerprint density at radius 2 is 1.33 bits per heavy atom. The van der Waals surface area contributed by atoms with Gasteiger partial charge in [-0.2, -0.15) is 0 Å². The van der Waals surface area contributed by atoms with E-state index in [2.05, 4.69) is 17.6 Å². The van der Waals surface area contributed by atoms with Crippen LogP contribution >= 0.6 is 20.8 Å². The van der Waals surface area contributed by atoms with E-state index in [4.69, 9.17) is 0 Å². The normalized spacial score (nSPS) is 26.6. The topological polar surface area (TPSA) is 118 Å². The Morgan fingerprint density at radius 3 is 1.97 bits per heavy atom. The molecule has 3 heterocycles. The summed E-state index contributed by atoms with van der Waals surface area (Å²) in [6.07, 6.45) is 9.64. The first-order chi connectivity index (χ1) is 14.7. The molecule has 0 saturated heterocycles. The number of isocyanates is 4. The quantitative estimate of drug-likeness (QED) is 0.519. The van der Waals surface area contributed by atoms with Gasteiger partial charge in [-0.25, -0.2) is 19.2 Å². The van der Waals surface area contributed by atoms with Crippen LogP contribution < -0.4 is 0 Å². The molecule has 0 spiro atoms. The molecule has 1 aliphatic carbocycles. The molecule has 0 saturated carbocycles. The van der Waals surface area contributed by atoms with Crippen LogP contribution in [-0.2, 0) is 19.2 Å². The highest BCUT2D eigenvalue weighted by atomic mass is 32.3. The molecule has 0 aromatic heterocycles. The third kappa shape index (κ3) is 2.70. The van der Waals surface area contributed by atoms with E-state index >= 15 is 0 Å². The van der Waals surface area contributed by atoms with Gasteiger partial charge in [-0.3, -0.25) is 0 Å². The largest absolute Gasteiger partial charge is 0.248 e. The lowest BCUT2D eigenvalue weighted by atomic mass is 10.2. The fraction of sp³-hybridized carbons (Fsp3) is 0. The van der Waals surface area contributed by atoms with Gasteiger partial charge in [-0.1, -0.05) is 36.4 Å².